The number of morpholine rings is 1. The molecule has 2 rings (SSSR count). The van der Waals surface area contributed by atoms with Gasteiger partial charge in [0.2, 0.25) is 0 Å². The van der Waals surface area contributed by atoms with Crippen LogP contribution in [0.5, 0.6) is 0 Å². The normalized spacial score (nSPS) is 18.5. The predicted octanol–water partition coefficient (Wildman–Crippen LogP) is 2.85. The van der Waals surface area contributed by atoms with Crippen LogP contribution in [0, 0.1) is 0 Å². The Hall–Kier alpha value is -1.66. The Morgan fingerprint density at radius 3 is 2.59 bits per heavy atom. The summed E-state index contributed by atoms with van der Waals surface area (Å²) in [7, 11) is 1.49. The zero-order valence-electron chi connectivity index (χ0n) is 12.7. The molecule has 2 atom stereocenters. The number of alkyl halides is 1. The van der Waals surface area contributed by atoms with Gasteiger partial charge in [-0.3, -0.25) is 9.29 Å². The maximum atomic E-state index is 13.0. The first-order chi connectivity index (χ1) is 10.8. The molecule has 0 amide bonds. The van der Waals surface area contributed by atoms with Crippen molar-refractivity contribution in [3.63, 3.8) is 0 Å². The number of benzene rings is 1. The highest BCUT2D eigenvalue weighted by atomic mass is 19.1. The first kappa shape index (κ1) is 16.7. The molecular weight excluding hydrogens is 287 g/mol. The molecule has 6 nitrogen and oxygen atoms in total. The average molecular weight is 308 g/mol. The fraction of sp³-hybridized carbons (Fsp3) is 0.600. The van der Waals surface area contributed by atoms with E-state index in [1.807, 2.05) is 24.3 Å². The SMILES string of the molecule is CO[C@H](c1ccc(CN2CCOCC2)cc1)[C@@H](CF)N=[N+]=[N-]. The molecule has 0 unspecified atom stereocenters. The molecule has 1 aromatic rings. The number of methoxy groups -OCH3 is 1. The second-order valence-electron chi connectivity index (χ2n) is 5.21. The topological polar surface area (TPSA) is 70.5 Å². The van der Waals surface area contributed by atoms with Gasteiger partial charge in [-0.2, -0.15) is 0 Å². The number of azide groups is 1. The third kappa shape index (κ3) is 4.42. The highest BCUT2D eigenvalue weighted by Gasteiger charge is 2.22. The van der Waals surface area contributed by atoms with Gasteiger partial charge in [-0.25, -0.2) is 0 Å². The van der Waals surface area contributed by atoms with Crippen molar-refractivity contribution in [2.75, 3.05) is 40.1 Å². The summed E-state index contributed by atoms with van der Waals surface area (Å²) < 4.78 is 23.6. The van der Waals surface area contributed by atoms with Crippen LogP contribution in [-0.2, 0) is 16.0 Å². The lowest BCUT2D eigenvalue weighted by Gasteiger charge is -2.27. The maximum absolute atomic E-state index is 13.0. The van der Waals surface area contributed by atoms with Crippen LogP contribution in [0.2, 0.25) is 0 Å². The second-order valence-corrected chi connectivity index (χ2v) is 5.21. The Labute approximate surface area is 129 Å². The summed E-state index contributed by atoms with van der Waals surface area (Å²) in [6.07, 6.45) is -0.571. The quantitative estimate of drug-likeness (QED) is 0.442. The minimum absolute atomic E-state index is 0.571. The van der Waals surface area contributed by atoms with Gasteiger partial charge >= 0.3 is 0 Å². The fourth-order valence-electron chi connectivity index (χ4n) is 2.58. The minimum atomic E-state index is -0.847. The molecule has 7 heteroatoms. The highest BCUT2D eigenvalue weighted by Crippen LogP contribution is 2.24. The van der Waals surface area contributed by atoms with E-state index in [-0.39, 0.29) is 0 Å². The van der Waals surface area contributed by atoms with Gasteiger partial charge < -0.3 is 9.47 Å². The average Bonchev–Trinajstić information content (AvgIpc) is 2.57. The van der Waals surface area contributed by atoms with Gasteiger partial charge in [0.15, 0.2) is 0 Å². The van der Waals surface area contributed by atoms with Gasteiger partial charge in [0.1, 0.15) is 6.67 Å². The molecule has 1 aromatic carbocycles. The van der Waals surface area contributed by atoms with Crippen molar-refractivity contribution in [2.24, 2.45) is 5.11 Å². The summed E-state index contributed by atoms with van der Waals surface area (Å²) in [5.74, 6) is 0. The van der Waals surface area contributed by atoms with Crippen LogP contribution in [0.15, 0.2) is 29.4 Å². The number of halogens is 1. The van der Waals surface area contributed by atoms with Crippen LogP contribution < -0.4 is 0 Å². The third-order valence-electron chi connectivity index (χ3n) is 3.78. The number of nitrogens with zero attached hydrogens (tertiary/aromatic N) is 4. The molecule has 1 aliphatic rings. The maximum Gasteiger partial charge on any atom is 0.101 e. The highest BCUT2D eigenvalue weighted by molar-refractivity contribution is 5.25. The Kier molecular flexibility index (Phi) is 6.61. The monoisotopic (exact) mass is 308 g/mol. The molecule has 0 aliphatic carbocycles. The summed E-state index contributed by atoms with van der Waals surface area (Å²) in [6.45, 7) is 3.52. The number of rotatable bonds is 7. The van der Waals surface area contributed by atoms with Crippen LogP contribution in [-0.4, -0.2) is 51.0 Å². The molecule has 0 aromatic heterocycles. The largest absolute Gasteiger partial charge is 0.379 e. The molecule has 0 radical (unpaired) electrons. The summed E-state index contributed by atoms with van der Waals surface area (Å²) in [5.41, 5.74) is 10.5. The van der Waals surface area contributed by atoms with E-state index < -0.39 is 18.8 Å². The minimum Gasteiger partial charge on any atom is -0.379 e. The Morgan fingerprint density at radius 1 is 1.36 bits per heavy atom. The molecule has 0 spiro atoms. The van der Waals surface area contributed by atoms with Crippen LogP contribution >= 0.6 is 0 Å². The van der Waals surface area contributed by atoms with Crippen molar-refractivity contribution < 1.29 is 13.9 Å². The Balaban J connectivity index is 2.04. The number of ether oxygens (including phenoxy) is 2. The van der Waals surface area contributed by atoms with Gasteiger partial charge in [-0.1, -0.05) is 29.4 Å². The van der Waals surface area contributed by atoms with E-state index in [1.54, 1.807) is 0 Å². The van der Waals surface area contributed by atoms with Crippen molar-refractivity contribution >= 4 is 0 Å². The Bertz CT molecular complexity index is 499. The van der Waals surface area contributed by atoms with Gasteiger partial charge in [-0.05, 0) is 16.7 Å². The molecule has 22 heavy (non-hydrogen) atoms. The molecular formula is C15H21FN4O2. The van der Waals surface area contributed by atoms with E-state index in [2.05, 4.69) is 14.9 Å². The molecule has 1 aliphatic heterocycles. The van der Waals surface area contributed by atoms with Gasteiger partial charge in [0.05, 0.1) is 25.4 Å². The van der Waals surface area contributed by atoms with E-state index in [0.29, 0.717) is 0 Å². The van der Waals surface area contributed by atoms with Gasteiger partial charge in [-0.15, -0.1) is 0 Å². The third-order valence-corrected chi connectivity index (χ3v) is 3.78. The van der Waals surface area contributed by atoms with E-state index in [9.17, 15) is 4.39 Å². The standard InChI is InChI=1S/C15H21FN4O2/c1-21-15(14(10-16)18-19-17)13-4-2-12(3-5-13)11-20-6-8-22-9-7-20/h2-5,14-15H,6-11H2,1H3/t14-,15-/m1/s1. The van der Waals surface area contributed by atoms with E-state index in [0.717, 1.165) is 38.4 Å². The molecule has 120 valence electrons. The van der Waals surface area contributed by atoms with Crippen molar-refractivity contribution in [3.05, 3.63) is 45.8 Å². The summed E-state index contributed by atoms with van der Waals surface area (Å²) in [4.78, 5) is 5.01. The smallest absolute Gasteiger partial charge is 0.101 e. The molecule has 1 fully saturated rings. The summed E-state index contributed by atoms with van der Waals surface area (Å²) in [6, 6.07) is 6.96. The zero-order valence-corrected chi connectivity index (χ0v) is 12.7. The second kappa shape index (κ2) is 8.70. The first-order valence-electron chi connectivity index (χ1n) is 7.30. The molecule has 0 bridgehead atoms. The van der Waals surface area contributed by atoms with Crippen molar-refractivity contribution in [1.82, 2.24) is 4.90 Å². The molecule has 1 heterocycles. The van der Waals surface area contributed by atoms with Crippen LogP contribution in [0.25, 0.3) is 10.4 Å². The summed E-state index contributed by atoms with van der Waals surface area (Å²) in [5, 5.41) is 3.46. The van der Waals surface area contributed by atoms with Gasteiger partial charge in [0, 0.05) is 31.7 Å². The molecule has 1 saturated heterocycles. The van der Waals surface area contributed by atoms with Crippen molar-refractivity contribution in [3.8, 4) is 0 Å². The van der Waals surface area contributed by atoms with Crippen molar-refractivity contribution in [1.29, 1.82) is 0 Å². The number of hydrogen-bond donors (Lipinski definition) is 0. The lowest BCUT2D eigenvalue weighted by atomic mass is 10.0. The zero-order chi connectivity index (χ0) is 15.8. The fourth-order valence-corrected chi connectivity index (χ4v) is 2.58. The Morgan fingerprint density at radius 2 is 2.05 bits per heavy atom. The number of hydrogen-bond acceptors (Lipinski definition) is 4. The lowest BCUT2D eigenvalue weighted by Crippen LogP contribution is -2.35. The molecule has 0 saturated carbocycles. The first-order valence-corrected chi connectivity index (χ1v) is 7.30. The van der Waals surface area contributed by atoms with E-state index >= 15 is 0 Å². The van der Waals surface area contributed by atoms with Crippen molar-refractivity contribution in [2.45, 2.75) is 18.7 Å². The lowest BCUT2D eigenvalue weighted by molar-refractivity contribution is 0.0341. The van der Waals surface area contributed by atoms with Crippen LogP contribution in [0.3, 0.4) is 0 Å². The van der Waals surface area contributed by atoms with E-state index in [1.165, 1.54) is 12.7 Å². The predicted molar refractivity (Wildman–Crippen MR) is 81.2 cm³/mol. The van der Waals surface area contributed by atoms with Crippen LogP contribution in [0.4, 0.5) is 4.39 Å². The van der Waals surface area contributed by atoms with Crippen LogP contribution in [0.1, 0.15) is 17.2 Å². The van der Waals surface area contributed by atoms with Gasteiger partial charge in [0.25, 0.3) is 0 Å². The summed E-state index contributed by atoms with van der Waals surface area (Å²) >= 11 is 0. The molecule has 0 N–H and O–H groups in total. The van der Waals surface area contributed by atoms with E-state index in [4.69, 9.17) is 15.0 Å².